The third-order valence-corrected chi connectivity index (χ3v) is 3.04. The first kappa shape index (κ1) is 14.8. The van der Waals surface area contributed by atoms with Crippen LogP contribution in [0.5, 0.6) is 0 Å². The maximum Gasteiger partial charge on any atom is 0.282 e. The highest BCUT2D eigenvalue weighted by molar-refractivity contribution is 6.30. The van der Waals surface area contributed by atoms with E-state index >= 15 is 0 Å². The minimum absolute atomic E-state index is 0.0676. The average molecular weight is 306 g/mol. The van der Waals surface area contributed by atoms with Gasteiger partial charge in [0.05, 0.1) is 4.92 Å². The first-order valence-corrected chi connectivity index (χ1v) is 6.42. The molecule has 6 nitrogen and oxygen atoms in total. The van der Waals surface area contributed by atoms with Gasteiger partial charge in [0.25, 0.3) is 11.6 Å². The third kappa shape index (κ3) is 3.70. The summed E-state index contributed by atoms with van der Waals surface area (Å²) in [5, 5.41) is 14.1. The van der Waals surface area contributed by atoms with E-state index in [1.807, 2.05) is 0 Å². The summed E-state index contributed by atoms with van der Waals surface area (Å²) in [6, 6.07) is 10.8. The van der Waals surface area contributed by atoms with Crippen LogP contribution < -0.4 is 11.1 Å². The number of nitro groups is 1. The van der Waals surface area contributed by atoms with Gasteiger partial charge in [-0.15, -0.1) is 0 Å². The molecule has 0 fully saturated rings. The Morgan fingerprint density at radius 3 is 2.71 bits per heavy atom. The number of nitrogens with two attached hydrogens (primary N) is 1. The Hall–Kier alpha value is -2.60. The van der Waals surface area contributed by atoms with E-state index in [4.69, 9.17) is 17.3 Å². The van der Waals surface area contributed by atoms with E-state index in [1.54, 1.807) is 24.3 Å². The van der Waals surface area contributed by atoms with E-state index in [9.17, 15) is 14.9 Å². The normalized spacial score (nSPS) is 10.1. The third-order valence-electron chi connectivity index (χ3n) is 2.80. The van der Waals surface area contributed by atoms with Crippen LogP contribution in [-0.4, -0.2) is 10.8 Å². The van der Waals surface area contributed by atoms with Gasteiger partial charge in [0, 0.05) is 23.3 Å². The monoisotopic (exact) mass is 305 g/mol. The van der Waals surface area contributed by atoms with Gasteiger partial charge < -0.3 is 11.1 Å². The van der Waals surface area contributed by atoms with Crippen LogP contribution in [0.2, 0.25) is 5.02 Å². The van der Waals surface area contributed by atoms with Crippen molar-refractivity contribution >= 4 is 28.9 Å². The molecule has 0 aliphatic rings. The predicted molar refractivity (Wildman–Crippen MR) is 80.1 cm³/mol. The molecule has 0 aliphatic heterocycles. The average Bonchev–Trinajstić information content (AvgIpc) is 2.44. The number of rotatable bonds is 4. The minimum Gasteiger partial charge on any atom is -0.399 e. The number of hydrogen-bond acceptors (Lipinski definition) is 4. The minimum atomic E-state index is -0.617. The zero-order valence-corrected chi connectivity index (χ0v) is 11.6. The van der Waals surface area contributed by atoms with E-state index in [0.717, 1.165) is 5.56 Å². The summed E-state index contributed by atoms with van der Waals surface area (Å²) in [6.45, 7) is 0.214. The zero-order chi connectivity index (χ0) is 15.4. The van der Waals surface area contributed by atoms with Crippen LogP contribution >= 0.6 is 11.6 Å². The van der Waals surface area contributed by atoms with Crippen molar-refractivity contribution < 1.29 is 9.72 Å². The van der Waals surface area contributed by atoms with Gasteiger partial charge in [-0.3, -0.25) is 14.9 Å². The molecule has 3 N–H and O–H groups in total. The first-order chi connectivity index (χ1) is 9.97. The van der Waals surface area contributed by atoms with Gasteiger partial charge in [-0.1, -0.05) is 23.7 Å². The van der Waals surface area contributed by atoms with Gasteiger partial charge >= 0.3 is 0 Å². The Labute approximate surface area is 125 Å². The number of halogens is 1. The Kier molecular flexibility index (Phi) is 4.39. The molecule has 108 valence electrons. The van der Waals surface area contributed by atoms with Crippen molar-refractivity contribution in [2.45, 2.75) is 6.54 Å². The standard InChI is InChI=1S/C14H12ClN3O3/c15-10-3-1-2-9(6-10)8-17-14(19)12-7-11(16)4-5-13(12)18(20)21/h1-7H,8,16H2,(H,17,19). The summed E-state index contributed by atoms with van der Waals surface area (Å²) in [6.07, 6.45) is 0. The highest BCUT2D eigenvalue weighted by atomic mass is 35.5. The summed E-state index contributed by atoms with van der Waals surface area (Å²) in [5.74, 6) is -0.561. The van der Waals surface area contributed by atoms with E-state index in [1.165, 1.54) is 18.2 Å². The quantitative estimate of drug-likeness (QED) is 0.515. The van der Waals surface area contributed by atoms with E-state index in [0.29, 0.717) is 5.02 Å². The summed E-state index contributed by atoms with van der Waals surface area (Å²) in [4.78, 5) is 22.4. The molecule has 2 rings (SSSR count). The van der Waals surface area contributed by atoms with Crippen LogP contribution in [0.1, 0.15) is 15.9 Å². The molecule has 0 atom stereocenters. The lowest BCUT2D eigenvalue weighted by atomic mass is 10.1. The fraction of sp³-hybridized carbons (Fsp3) is 0.0714. The number of nitro benzene ring substituents is 1. The van der Waals surface area contributed by atoms with Crippen LogP contribution in [0.25, 0.3) is 0 Å². The molecule has 2 aromatic carbocycles. The van der Waals surface area contributed by atoms with Crippen molar-refractivity contribution in [3.63, 3.8) is 0 Å². The van der Waals surface area contributed by atoms with Crippen molar-refractivity contribution in [2.24, 2.45) is 0 Å². The highest BCUT2D eigenvalue weighted by Crippen LogP contribution is 2.21. The second kappa shape index (κ2) is 6.23. The number of anilines is 1. The topological polar surface area (TPSA) is 98.3 Å². The second-order valence-electron chi connectivity index (χ2n) is 4.35. The molecule has 21 heavy (non-hydrogen) atoms. The molecule has 0 saturated heterocycles. The molecule has 0 spiro atoms. The predicted octanol–water partition coefficient (Wildman–Crippen LogP) is 2.76. The molecular formula is C14H12ClN3O3. The van der Waals surface area contributed by atoms with Crippen LogP contribution in [0.3, 0.4) is 0 Å². The number of nitrogens with zero attached hydrogens (tertiary/aromatic N) is 1. The first-order valence-electron chi connectivity index (χ1n) is 6.04. The summed E-state index contributed by atoms with van der Waals surface area (Å²) in [7, 11) is 0. The number of amides is 1. The lowest BCUT2D eigenvalue weighted by Gasteiger charge is -2.07. The molecule has 0 aliphatic carbocycles. The fourth-order valence-electron chi connectivity index (χ4n) is 1.82. The van der Waals surface area contributed by atoms with Gasteiger partial charge in [0.15, 0.2) is 0 Å². The SMILES string of the molecule is Nc1ccc([N+](=O)[O-])c(C(=O)NCc2cccc(Cl)c2)c1. The summed E-state index contributed by atoms with van der Waals surface area (Å²) < 4.78 is 0. The second-order valence-corrected chi connectivity index (χ2v) is 4.78. The van der Waals surface area contributed by atoms with Crippen LogP contribution in [0, 0.1) is 10.1 Å². The van der Waals surface area contributed by atoms with Crippen LogP contribution in [0.15, 0.2) is 42.5 Å². The van der Waals surface area contributed by atoms with Gasteiger partial charge in [-0.05, 0) is 29.8 Å². The number of benzene rings is 2. The molecule has 1 amide bonds. The maximum atomic E-state index is 12.1. The Bertz CT molecular complexity index is 704. The Morgan fingerprint density at radius 1 is 1.29 bits per heavy atom. The van der Waals surface area contributed by atoms with E-state index in [-0.39, 0.29) is 23.5 Å². The van der Waals surface area contributed by atoms with Gasteiger partial charge in [0.1, 0.15) is 5.56 Å². The smallest absolute Gasteiger partial charge is 0.282 e. The highest BCUT2D eigenvalue weighted by Gasteiger charge is 2.20. The lowest BCUT2D eigenvalue weighted by Crippen LogP contribution is -2.23. The number of nitrogen functional groups attached to an aromatic ring is 1. The number of hydrogen-bond donors (Lipinski definition) is 2. The number of carbonyl (C=O) groups excluding carboxylic acids is 1. The fourth-order valence-corrected chi connectivity index (χ4v) is 2.03. The maximum absolute atomic E-state index is 12.1. The molecular weight excluding hydrogens is 294 g/mol. The van der Waals surface area contributed by atoms with Crippen molar-refractivity contribution in [2.75, 3.05) is 5.73 Å². The molecule has 7 heteroatoms. The van der Waals surface area contributed by atoms with E-state index < -0.39 is 10.8 Å². The lowest BCUT2D eigenvalue weighted by molar-refractivity contribution is -0.385. The molecule has 0 unspecified atom stereocenters. The van der Waals surface area contributed by atoms with Gasteiger partial charge in [-0.25, -0.2) is 0 Å². The Morgan fingerprint density at radius 2 is 2.05 bits per heavy atom. The number of nitrogens with one attached hydrogen (secondary N) is 1. The molecule has 0 heterocycles. The molecule has 2 aromatic rings. The largest absolute Gasteiger partial charge is 0.399 e. The molecule has 0 aromatic heterocycles. The van der Waals surface area contributed by atoms with Crippen molar-refractivity contribution in [3.8, 4) is 0 Å². The van der Waals surface area contributed by atoms with Crippen molar-refractivity contribution in [1.82, 2.24) is 5.32 Å². The van der Waals surface area contributed by atoms with Crippen LogP contribution in [0.4, 0.5) is 11.4 Å². The van der Waals surface area contributed by atoms with Crippen molar-refractivity contribution in [3.05, 3.63) is 68.7 Å². The van der Waals surface area contributed by atoms with E-state index in [2.05, 4.69) is 5.32 Å². The van der Waals surface area contributed by atoms with Gasteiger partial charge in [0.2, 0.25) is 0 Å². The summed E-state index contributed by atoms with van der Waals surface area (Å²) >= 11 is 5.85. The van der Waals surface area contributed by atoms with Crippen LogP contribution in [-0.2, 0) is 6.54 Å². The van der Waals surface area contributed by atoms with Crippen molar-refractivity contribution in [1.29, 1.82) is 0 Å². The number of carbonyl (C=O) groups is 1. The molecule has 0 radical (unpaired) electrons. The molecule has 0 saturated carbocycles. The Balaban J connectivity index is 2.17. The zero-order valence-electron chi connectivity index (χ0n) is 10.9. The summed E-state index contributed by atoms with van der Waals surface area (Å²) in [5.41, 5.74) is 6.30. The molecule has 0 bridgehead atoms. The van der Waals surface area contributed by atoms with Gasteiger partial charge in [-0.2, -0.15) is 0 Å².